The van der Waals surface area contributed by atoms with E-state index in [1.165, 1.54) is 0 Å². The molecular formula is C17H27N7OS. The Hall–Kier alpha value is -1.45. The summed E-state index contributed by atoms with van der Waals surface area (Å²) in [7, 11) is 0. The van der Waals surface area contributed by atoms with Crippen molar-refractivity contribution in [2.75, 3.05) is 19.7 Å². The van der Waals surface area contributed by atoms with Crippen LogP contribution in [0.25, 0.3) is 0 Å². The van der Waals surface area contributed by atoms with E-state index in [1.807, 2.05) is 0 Å². The lowest BCUT2D eigenvalue weighted by Gasteiger charge is -2.23. The molecule has 9 heteroatoms. The molecule has 2 saturated heterocycles. The molecule has 4 rings (SSSR count). The summed E-state index contributed by atoms with van der Waals surface area (Å²) in [5, 5.41) is 20.7. The van der Waals surface area contributed by atoms with Crippen molar-refractivity contribution >= 4 is 11.8 Å². The van der Waals surface area contributed by atoms with Gasteiger partial charge in [0.1, 0.15) is 17.5 Å². The van der Waals surface area contributed by atoms with Gasteiger partial charge in [0.25, 0.3) is 0 Å². The van der Waals surface area contributed by atoms with Crippen LogP contribution in [0.1, 0.15) is 56.0 Å². The van der Waals surface area contributed by atoms with Crippen molar-refractivity contribution in [1.82, 2.24) is 35.3 Å². The number of hydrogen-bond donors (Lipinski definition) is 2. The molecule has 26 heavy (non-hydrogen) atoms. The van der Waals surface area contributed by atoms with Crippen molar-refractivity contribution < 1.29 is 4.74 Å². The molecule has 0 saturated carbocycles. The molecule has 8 nitrogen and oxygen atoms in total. The number of aryl methyl sites for hydroxylation is 1. The summed E-state index contributed by atoms with van der Waals surface area (Å²) in [6, 6.07) is 0. The summed E-state index contributed by atoms with van der Waals surface area (Å²) in [6.45, 7) is 5.89. The molecular weight excluding hydrogens is 350 g/mol. The fraction of sp³-hybridized carbons (Fsp3) is 0.765. The maximum absolute atomic E-state index is 5.88. The molecule has 0 bridgehead atoms. The molecule has 0 radical (unpaired) electrons. The third-order valence-corrected chi connectivity index (χ3v) is 6.07. The van der Waals surface area contributed by atoms with E-state index < -0.39 is 0 Å². The number of piperidine rings is 1. The Kier molecular flexibility index (Phi) is 5.86. The number of aromatic nitrogens is 6. The van der Waals surface area contributed by atoms with Crippen molar-refractivity contribution in [3.05, 3.63) is 17.5 Å². The zero-order valence-corrected chi connectivity index (χ0v) is 16.1. The Labute approximate surface area is 157 Å². The van der Waals surface area contributed by atoms with Crippen molar-refractivity contribution in [2.45, 2.75) is 68.5 Å². The fourth-order valence-corrected chi connectivity index (χ4v) is 4.46. The number of nitrogens with zero attached hydrogens (tertiary/aromatic N) is 5. The number of aromatic amines is 1. The zero-order valence-electron chi connectivity index (χ0n) is 15.3. The number of H-pyrrole nitrogens is 1. The van der Waals surface area contributed by atoms with E-state index in [0.29, 0.717) is 5.92 Å². The van der Waals surface area contributed by atoms with Crippen LogP contribution in [0.2, 0.25) is 0 Å². The van der Waals surface area contributed by atoms with Gasteiger partial charge in [0.2, 0.25) is 0 Å². The van der Waals surface area contributed by atoms with Crippen molar-refractivity contribution in [3.63, 3.8) is 0 Å². The van der Waals surface area contributed by atoms with Crippen LogP contribution >= 0.6 is 11.8 Å². The Morgan fingerprint density at radius 2 is 2.12 bits per heavy atom. The van der Waals surface area contributed by atoms with E-state index >= 15 is 0 Å². The molecule has 2 aromatic rings. The van der Waals surface area contributed by atoms with Gasteiger partial charge in [-0.3, -0.25) is 5.10 Å². The first-order valence-electron chi connectivity index (χ1n) is 9.62. The quantitative estimate of drug-likeness (QED) is 0.712. The Balaban J connectivity index is 1.50. The number of hydrogen-bond acceptors (Lipinski definition) is 7. The van der Waals surface area contributed by atoms with Crippen LogP contribution in [0.15, 0.2) is 5.16 Å². The zero-order chi connectivity index (χ0) is 17.8. The number of thioether (sulfide) groups is 1. The summed E-state index contributed by atoms with van der Waals surface area (Å²) in [5.41, 5.74) is 0. The summed E-state index contributed by atoms with van der Waals surface area (Å²) in [4.78, 5) is 4.50. The Bertz CT molecular complexity index is 704. The van der Waals surface area contributed by atoms with Crippen LogP contribution in [0.3, 0.4) is 0 Å². The van der Waals surface area contributed by atoms with Gasteiger partial charge in [0, 0.05) is 18.9 Å². The maximum atomic E-state index is 5.88. The highest BCUT2D eigenvalue weighted by Crippen LogP contribution is 2.29. The van der Waals surface area contributed by atoms with Gasteiger partial charge in [-0.25, -0.2) is 4.98 Å². The summed E-state index contributed by atoms with van der Waals surface area (Å²) in [5.74, 6) is 4.08. The summed E-state index contributed by atoms with van der Waals surface area (Å²) < 4.78 is 8.18. The van der Waals surface area contributed by atoms with Crippen LogP contribution in [0.5, 0.6) is 0 Å². The second-order valence-electron chi connectivity index (χ2n) is 6.95. The molecule has 0 aliphatic carbocycles. The Morgan fingerprint density at radius 1 is 1.23 bits per heavy atom. The van der Waals surface area contributed by atoms with E-state index in [2.05, 4.69) is 42.2 Å². The first-order chi connectivity index (χ1) is 12.8. The van der Waals surface area contributed by atoms with Gasteiger partial charge in [-0.15, -0.1) is 10.2 Å². The van der Waals surface area contributed by atoms with Crippen molar-refractivity contribution in [3.8, 4) is 0 Å². The predicted octanol–water partition coefficient (Wildman–Crippen LogP) is 1.90. The van der Waals surface area contributed by atoms with Crippen molar-refractivity contribution in [1.29, 1.82) is 0 Å². The molecule has 1 atom stereocenters. The molecule has 0 spiro atoms. The smallest absolute Gasteiger partial charge is 0.191 e. The van der Waals surface area contributed by atoms with Crippen LogP contribution in [-0.2, 0) is 23.5 Å². The lowest BCUT2D eigenvalue weighted by molar-refractivity contribution is 0.0936. The molecule has 2 fully saturated rings. The average Bonchev–Trinajstić information content (AvgIpc) is 3.42. The molecule has 2 N–H and O–H groups in total. The molecule has 142 valence electrons. The number of rotatable bonds is 7. The molecule has 0 amide bonds. The summed E-state index contributed by atoms with van der Waals surface area (Å²) in [6.07, 6.45) is 5.64. The minimum atomic E-state index is 0.280. The Morgan fingerprint density at radius 3 is 2.85 bits per heavy atom. The molecule has 1 unspecified atom stereocenters. The average molecular weight is 378 g/mol. The second kappa shape index (κ2) is 8.49. The first kappa shape index (κ1) is 17.9. The normalized spacial score (nSPS) is 21.5. The fourth-order valence-electron chi connectivity index (χ4n) is 3.64. The van der Waals surface area contributed by atoms with Crippen molar-refractivity contribution in [2.24, 2.45) is 0 Å². The van der Waals surface area contributed by atoms with Crippen LogP contribution < -0.4 is 5.32 Å². The van der Waals surface area contributed by atoms with Gasteiger partial charge in [0.05, 0.1) is 18.4 Å². The van der Waals surface area contributed by atoms with Crippen LogP contribution in [0, 0.1) is 0 Å². The van der Waals surface area contributed by atoms with Gasteiger partial charge in [-0.05, 0) is 38.8 Å². The van der Waals surface area contributed by atoms with Gasteiger partial charge in [-0.2, -0.15) is 5.10 Å². The van der Waals surface area contributed by atoms with Gasteiger partial charge >= 0.3 is 0 Å². The predicted molar refractivity (Wildman–Crippen MR) is 99.2 cm³/mol. The molecule has 2 aliphatic rings. The van der Waals surface area contributed by atoms with E-state index in [0.717, 1.165) is 86.7 Å². The minimum absolute atomic E-state index is 0.280. The second-order valence-corrected chi connectivity index (χ2v) is 7.89. The van der Waals surface area contributed by atoms with E-state index in [9.17, 15) is 0 Å². The van der Waals surface area contributed by atoms with Crippen LogP contribution in [-0.4, -0.2) is 55.7 Å². The monoisotopic (exact) mass is 377 g/mol. The summed E-state index contributed by atoms with van der Waals surface area (Å²) >= 11 is 1.68. The maximum Gasteiger partial charge on any atom is 0.191 e. The minimum Gasteiger partial charge on any atom is -0.376 e. The molecule has 0 aromatic carbocycles. The molecule has 2 aliphatic heterocycles. The molecule has 4 heterocycles. The third-order valence-electron chi connectivity index (χ3n) is 5.09. The SMILES string of the molecule is CCc1n[nH]c(CSc2nnc(C3CCNCC3)n2CC2CCCO2)n1. The van der Waals surface area contributed by atoms with Gasteiger partial charge in [0.15, 0.2) is 5.16 Å². The highest BCUT2D eigenvalue weighted by Gasteiger charge is 2.26. The van der Waals surface area contributed by atoms with E-state index in [4.69, 9.17) is 4.74 Å². The van der Waals surface area contributed by atoms with E-state index in [1.54, 1.807) is 11.8 Å². The first-order valence-corrected chi connectivity index (χ1v) is 10.6. The van der Waals surface area contributed by atoms with Gasteiger partial charge < -0.3 is 14.6 Å². The highest BCUT2D eigenvalue weighted by molar-refractivity contribution is 7.98. The number of nitrogens with one attached hydrogen (secondary N) is 2. The number of ether oxygens (including phenoxy) is 1. The highest BCUT2D eigenvalue weighted by atomic mass is 32.2. The topological polar surface area (TPSA) is 93.5 Å². The standard InChI is InChI=1S/C17H27N7OS/c1-2-14-19-15(21-20-14)11-26-17-23-22-16(12-5-7-18-8-6-12)24(17)10-13-4-3-9-25-13/h12-13,18H,2-11H2,1H3,(H,19,20,21). The van der Waals surface area contributed by atoms with Gasteiger partial charge in [-0.1, -0.05) is 18.7 Å². The lowest BCUT2D eigenvalue weighted by Crippen LogP contribution is -2.29. The van der Waals surface area contributed by atoms with Crippen LogP contribution in [0.4, 0.5) is 0 Å². The lowest BCUT2D eigenvalue weighted by atomic mass is 9.97. The largest absolute Gasteiger partial charge is 0.376 e. The molecule has 2 aromatic heterocycles. The third kappa shape index (κ3) is 4.10. The van der Waals surface area contributed by atoms with E-state index in [-0.39, 0.29) is 6.10 Å².